The first-order valence-corrected chi connectivity index (χ1v) is 11.6. The maximum absolute atomic E-state index is 14.8. The molecule has 0 saturated heterocycles. The minimum Gasteiger partial charge on any atom is -0.365 e. The van der Waals surface area contributed by atoms with Crippen molar-refractivity contribution in [3.05, 3.63) is 72.4 Å². The minimum atomic E-state index is -0.787. The van der Waals surface area contributed by atoms with E-state index in [-0.39, 0.29) is 29.3 Å². The largest absolute Gasteiger partial charge is 0.365 e. The summed E-state index contributed by atoms with van der Waals surface area (Å²) in [7, 11) is 0. The van der Waals surface area contributed by atoms with Crippen molar-refractivity contribution < 1.29 is 9.18 Å². The Hall–Kier alpha value is -4.11. The van der Waals surface area contributed by atoms with E-state index in [1.165, 1.54) is 0 Å². The number of carbonyl (C=O) groups excluding carboxylic acids is 1. The Kier molecular flexibility index (Phi) is 6.24. The molecule has 0 bridgehead atoms. The van der Waals surface area contributed by atoms with Crippen LogP contribution in [0.1, 0.15) is 36.0 Å². The maximum Gasteiger partial charge on any atom is 0.252 e. The van der Waals surface area contributed by atoms with E-state index in [2.05, 4.69) is 25.6 Å². The molecule has 0 aliphatic heterocycles. The fourth-order valence-corrected chi connectivity index (χ4v) is 4.44. The van der Waals surface area contributed by atoms with Gasteiger partial charge in [-0.05, 0) is 42.7 Å². The van der Waals surface area contributed by atoms with Gasteiger partial charge in [0.2, 0.25) is 0 Å². The normalized spacial score (nSPS) is 17.8. The number of carbonyl (C=O) groups is 1. The summed E-state index contributed by atoms with van der Waals surface area (Å²) in [5, 5.41) is 7.25. The third kappa shape index (κ3) is 4.90. The highest BCUT2D eigenvalue weighted by molar-refractivity contribution is 5.98. The molecule has 1 aliphatic rings. The molecule has 3 heterocycles. The standard InChI is InChI=1S/C26H26FN7O/c27-20-12-19(24(29)35)25(34-26(20)33-22-6-2-1-5-21(22)28)32-18-10-17(13-30-14-18)16-8-7-15-4-3-9-31-23(15)11-16/h3-4,7-14,21-22H,1-2,5-6,28H2,(H2,29,35)(H2,32,33,34)/t21-,22+/m1/s1. The summed E-state index contributed by atoms with van der Waals surface area (Å²) in [6.45, 7) is 0. The van der Waals surface area contributed by atoms with Crippen LogP contribution in [0.5, 0.6) is 0 Å². The molecule has 35 heavy (non-hydrogen) atoms. The van der Waals surface area contributed by atoms with Gasteiger partial charge in [-0.25, -0.2) is 9.37 Å². The Morgan fingerprint density at radius 2 is 1.89 bits per heavy atom. The number of hydrogen-bond donors (Lipinski definition) is 4. The van der Waals surface area contributed by atoms with Crippen LogP contribution in [0.2, 0.25) is 0 Å². The van der Waals surface area contributed by atoms with Gasteiger partial charge in [0, 0.05) is 35.4 Å². The van der Waals surface area contributed by atoms with Gasteiger partial charge in [0.05, 0.1) is 23.0 Å². The number of amides is 1. The highest BCUT2D eigenvalue weighted by Crippen LogP contribution is 2.29. The maximum atomic E-state index is 14.8. The first kappa shape index (κ1) is 22.7. The van der Waals surface area contributed by atoms with Gasteiger partial charge in [-0.15, -0.1) is 0 Å². The van der Waals surface area contributed by atoms with Crippen molar-refractivity contribution >= 4 is 34.1 Å². The number of aromatic nitrogens is 3. The summed E-state index contributed by atoms with van der Waals surface area (Å²) in [4.78, 5) is 25.1. The topological polar surface area (TPSA) is 132 Å². The second-order valence-electron chi connectivity index (χ2n) is 8.78. The molecule has 8 nitrogen and oxygen atoms in total. The van der Waals surface area contributed by atoms with Gasteiger partial charge >= 0.3 is 0 Å². The van der Waals surface area contributed by atoms with Gasteiger partial charge < -0.3 is 22.1 Å². The van der Waals surface area contributed by atoms with Gasteiger partial charge in [0.25, 0.3) is 5.91 Å². The molecule has 0 radical (unpaired) electrons. The van der Waals surface area contributed by atoms with Crippen molar-refractivity contribution in [2.45, 2.75) is 37.8 Å². The Morgan fingerprint density at radius 1 is 1.03 bits per heavy atom. The summed E-state index contributed by atoms with van der Waals surface area (Å²) in [6.07, 6.45) is 8.85. The number of hydrogen-bond acceptors (Lipinski definition) is 7. The second kappa shape index (κ2) is 9.63. The van der Waals surface area contributed by atoms with Crippen LogP contribution in [0.15, 0.2) is 61.1 Å². The molecule has 9 heteroatoms. The fourth-order valence-electron chi connectivity index (χ4n) is 4.44. The average molecular weight is 472 g/mol. The van der Waals surface area contributed by atoms with Crippen molar-refractivity contribution in [1.29, 1.82) is 0 Å². The Morgan fingerprint density at radius 3 is 2.71 bits per heavy atom. The first-order chi connectivity index (χ1) is 17.0. The zero-order valence-corrected chi connectivity index (χ0v) is 19.0. The van der Waals surface area contributed by atoms with Crippen LogP contribution in [-0.2, 0) is 0 Å². The smallest absolute Gasteiger partial charge is 0.252 e. The zero-order valence-electron chi connectivity index (χ0n) is 19.0. The lowest BCUT2D eigenvalue weighted by molar-refractivity contribution is 0.100. The zero-order chi connectivity index (χ0) is 24.4. The molecule has 5 rings (SSSR count). The van der Waals surface area contributed by atoms with Crippen LogP contribution >= 0.6 is 0 Å². The molecule has 0 unspecified atom stereocenters. The summed E-state index contributed by atoms with van der Waals surface area (Å²) >= 11 is 0. The Balaban J connectivity index is 1.46. The van der Waals surface area contributed by atoms with Gasteiger partial charge in [-0.1, -0.05) is 31.0 Å². The highest BCUT2D eigenvalue weighted by atomic mass is 19.1. The van der Waals surface area contributed by atoms with E-state index in [1.807, 2.05) is 36.4 Å². The number of benzene rings is 1. The highest BCUT2D eigenvalue weighted by Gasteiger charge is 2.24. The van der Waals surface area contributed by atoms with E-state index >= 15 is 0 Å². The molecule has 6 N–H and O–H groups in total. The molecule has 1 aliphatic carbocycles. The number of halogens is 1. The fraction of sp³-hybridized carbons (Fsp3) is 0.231. The summed E-state index contributed by atoms with van der Waals surface area (Å²) in [6, 6.07) is 12.7. The van der Waals surface area contributed by atoms with Crippen LogP contribution < -0.4 is 22.1 Å². The molecule has 1 saturated carbocycles. The lowest BCUT2D eigenvalue weighted by atomic mass is 9.91. The number of rotatable bonds is 6. The Labute approximate surface area is 202 Å². The molecule has 1 fully saturated rings. The van der Waals surface area contributed by atoms with E-state index in [4.69, 9.17) is 11.5 Å². The average Bonchev–Trinajstić information content (AvgIpc) is 2.87. The predicted octanol–water partition coefficient (Wildman–Crippen LogP) is 4.36. The summed E-state index contributed by atoms with van der Waals surface area (Å²) < 4.78 is 14.8. The van der Waals surface area contributed by atoms with Crippen molar-refractivity contribution in [1.82, 2.24) is 15.0 Å². The molecule has 1 amide bonds. The van der Waals surface area contributed by atoms with Gasteiger partial charge in [-0.3, -0.25) is 14.8 Å². The number of nitrogens with one attached hydrogen (secondary N) is 2. The lowest BCUT2D eigenvalue weighted by Gasteiger charge is -2.30. The van der Waals surface area contributed by atoms with Gasteiger partial charge in [-0.2, -0.15) is 0 Å². The number of primary amides is 1. The molecule has 178 valence electrons. The molecular weight excluding hydrogens is 445 g/mol. The van der Waals surface area contributed by atoms with Gasteiger partial charge in [0.15, 0.2) is 11.6 Å². The molecular formula is C26H26FN7O. The van der Waals surface area contributed by atoms with Crippen LogP contribution in [-0.4, -0.2) is 32.9 Å². The number of nitrogens with zero attached hydrogens (tertiary/aromatic N) is 3. The summed E-state index contributed by atoms with van der Waals surface area (Å²) in [5.74, 6) is -1.27. The van der Waals surface area contributed by atoms with Crippen LogP contribution in [0.3, 0.4) is 0 Å². The minimum absolute atomic E-state index is 0.0320. The molecule has 4 aromatic rings. The number of nitrogens with two attached hydrogens (primary N) is 2. The Bertz CT molecular complexity index is 1390. The van der Waals surface area contributed by atoms with Crippen molar-refractivity contribution in [2.75, 3.05) is 10.6 Å². The van der Waals surface area contributed by atoms with E-state index < -0.39 is 11.7 Å². The van der Waals surface area contributed by atoms with Gasteiger partial charge in [0.1, 0.15) is 5.82 Å². The lowest BCUT2D eigenvalue weighted by Crippen LogP contribution is -2.43. The molecule has 3 aromatic heterocycles. The van der Waals surface area contributed by atoms with E-state index in [9.17, 15) is 9.18 Å². The summed E-state index contributed by atoms with van der Waals surface area (Å²) in [5.41, 5.74) is 14.9. The third-order valence-electron chi connectivity index (χ3n) is 6.32. The van der Waals surface area contributed by atoms with Crippen molar-refractivity contribution in [3.63, 3.8) is 0 Å². The predicted molar refractivity (Wildman–Crippen MR) is 135 cm³/mol. The monoisotopic (exact) mass is 471 g/mol. The van der Waals surface area contributed by atoms with Crippen LogP contribution in [0, 0.1) is 5.82 Å². The third-order valence-corrected chi connectivity index (χ3v) is 6.32. The molecule has 1 aromatic carbocycles. The molecule has 2 atom stereocenters. The van der Waals surface area contributed by atoms with Crippen LogP contribution in [0.4, 0.5) is 21.7 Å². The number of fused-ring (bicyclic) bond motifs is 1. The number of anilines is 3. The van der Waals surface area contributed by atoms with Crippen LogP contribution in [0.25, 0.3) is 22.0 Å². The quantitative estimate of drug-likeness (QED) is 0.329. The van der Waals surface area contributed by atoms with Crippen molar-refractivity contribution in [2.24, 2.45) is 11.5 Å². The van der Waals surface area contributed by atoms with E-state index in [0.29, 0.717) is 5.69 Å². The van der Waals surface area contributed by atoms with E-state index in [0.717, 1.165) is 53.8 Å². The first-order valence-electron chi connectivity index (χ1n) is 11.6. The van der Waals surface area contributed by atoms with Crippen molar-refractivity contribution in [3.8, 4) is 11.1 Å². The number of pyridine rings is 3. The second-order valence-corrected chi connectivity index (χ2v) is 8.78. The molecule has 0 spiro atoms. The van der Waals surface area contributed by atoms with E-state index in [1.54, 1.807) is 18.6 Å². The SMILES string of the molecule is NC(=O)c1cc(F)c(N[C@H]2CCCC[C@H]2N)nc1Nc1cncc(-c2ccc3cccnc3c2)c1.